The lowest BCUT2D eigenvalue weighted by Gasteiger charge is -2.10. The maximum Gasteiger partial charge on any atom is 0.241 e. The molecule has 0 heterocycles. The quantitative estimate of drug-likeness (QED) is 0.628. The van der Waals surface area contributed by atoms with Gasteiger partial charge < -0.3 is 10.6 Å². The summed E-state index contributed by atoms with van der Waals surface area (Å²) < 4.78 is 26.7. The van der Waals surface area contributed by atoms with E-state index in [0.29, 0.717) is 21.3 Å². The van der Waals surface area contributed by atoms with E-state index in [1.54, 1.807) is 18.2 Å². The van der Waals surface area contributed by atoms with Crippen molar-refractivity contribution in [2.24, 2.45) is 0 Å². The first-order chi connectivity index (χ1) is 12.7. The summed E-state index contributed by atoms with van der Waals surface area (Å²) in [6.45, 7) is 1.06. The molecule has 0 aliphatic heterocycles. The third-order valence-electron chi connectivity index (χ3n) is 3.40. The van der Waals surface area contributed by atoms with Gasteiger partial charge in [0.1, 0.15) is 0 Å². The molecule has 2 aromatic rings. The Labute approximate surface area is 167 Å². The largest absolute Gasteiger partial charge is 0.351 e. The summed E-state index contributed by atoms with van der Waals surface area (Å²) in [4.78, 5) is 22.8. The van der Waals surface area contributed by atoms with Crippen molar-refractivity contribution in [1.82, 2.24) is 10.0 Å². The third kappa shape index (κ3) is 6.51. The van der Waals surface area contributed by atoms with Gasteiger partial charge in [0.2, 0.25) is 21.8 Å². The summed E-state index contributed by atoms with van der Waals surface area (Å²) in [5, 5.41) is 5.99. The molecule has 3 N–H and O–H groups in total. The fourth-order valence-corrected chi connectivity index (χ4v) is 3.54. The minimum Gasteiger partial charge on any atom is -0.351 e. The molecule has 0 bridgehead atoms. The molecule has 0 atom stereocenters. The second kappa shape index (κ2) is 9.18. The maximum atomic E-state index is 12.2. The molecule has 0 fully saturated rings. The number of carbonyl (C=O) groups is 2. The van der Waals surface area contributed by atoms with Crippen LogP contribution in [0.25, 0.3) is 0 Å². The SMILES string of the molecule is CC(=O)Nc1ccc(S(=O)(=O)NCC(=O)NCc2ccc(Cl)cc2Cl)cc1. The van der Waals surface area contributed by atoms with Crippen molar-refractivity contribution < 1.29 is 18.0 Å². The molecule has 0 radical (unpaired) electrons. The number of anilines is 1. The molecule has 0 saturated carbocycles. The first kappa shape index (κ1) is 21.2. The van der Waals surface area contributed by atoms with E-state index in [1.807, 2.05) is 0 Å². The van der Waals surface area contributed by atoms with E-state index in [2.05, 4.69) is 15.4 Å². The van der Waals surface area contributed by atoms with Crippen LogP contribution in [0.4, 0.5) is 5.69 Å². The van der Waals surface area contributed by atoms with Crippen molar-refractivity contribution >= 4 is 50.7 Å². The average Bonchev–Trinajstić information content (AvgIpc) is 2.59. The molecule has 7 nitrogen and oxygen atoms in total. The van der Waals surface area contributed by atoms with E-state index in [-0.39, 0.29) is 17.3 Å². The predicted molar refractivity (Wildman–Crippen MR) is 104 cm³/mol. The Morgan fingerprint density at radius 1 is 1.04 bits per heavy atom. The summed E-state index contributed by atoms with van der Waals surface area (Å²) in [5.41, 5.74) is 1.13. The zero-order valence-corrected chi connectivity index (χ0v) is 16.6. The fraction of sp³-hybridized carbons (Fsp3) is 0.176. The molecule has 2 rings (SSSR count). The molecule has 0 aliphatic carbocycles. The minimum atomic E-state index is -3.86. The third-order valence-corrected chi connectivity index (χ3v) is 5.40. The van der Waals surface area contributed by atoms with Gasteiger partial charge in [-0.1, -0.05) is 29.3 Å². The van der Waals surface area contributed by atoms with Gasteiger partial charge in [0.05, 0.1) is 11.4 Å². The highest BCUT2D eigenvalue weighted by atomic mass is 35.5. The first-order valence-corrected chi connectivity index (χ1v) is 9.99. The van der Waals surface area contributed by atoms with Crippen LogP contribution in [0.15, 0.2) is 47.4 Å². The topological polar surface area (TPSA) is 104 Å². The summed E-state index contributed by atoms with van der Waals surface area (Å²) in [5.74, 6) is -0.777. The zero-order valence-electron chi connectivity index (χ0n) is 14.3. The number of nitrogens with one attached hydrogen (secondary N) is 3. The van der Waals surface area contributed by atoms with Crippen LogP contribution in [0.1, 0.15) is 12.5 Å². The normalized spacial score (nSPS) is 11.1. The molecular weight excluding hydrogens is 413 g/mol. The summed E-state index contributed by atoms with van der Waals surface area (Å²) >= 11 is 11.8. The smallest absolute Gasteiger partial charge is 0.241 e. The number of hydrogen-bond donors (Lipinski definition) is 3. The van der Waals surface area contributed by atoms with Gasteiger partial charge in [-0.2, -0.15) is 0 Å². The van der Waals surface area contributed by atoms with Crippen LogP contribution in [-0.2, 0) is 26.2 Å². The van der Waals surface area contributed by atoms with Crippen molar-refractivity contribution in [3.8, 4) is 0 Å². The average molecular weight is 430 g/mol. The Morgan fingerprint density at radius 2 is 1.70 bits per heavy atom. The highest BCUT2D eigenvalue weighted by Crippen LogP contribution is 2.20. The van der Waals surface area contributed by atoms with Gasteiger partial charge in [0.15, 0.2) is 0 Å². The van der Waals surface area contributed by atoms with E-state index in [4.69, 9.17) is 23.2 Å². The van der Waals surface area contributed by atoms with Gasteiger partial charge in [-0.15, -0.1) is 0 Å². The van der Waals surface area contributed by atoms with E-state index < -0.39 is 22.5 Å². The van der Waals surface area contributed by atoms with Gasteiger partial charge >= 0.3 is 0 Å². The molecule has 0 aromatic heterocycles. The Balaban J connectivity index is 1.90. The van der Waals surface area contributed by atoms with Crippen molar-refractivity contribution in [3.63, 3.8) is 0 Å². The highest BCUT2D eigenvalue weighted by Gasteiger charge is 2.15. The van der Waals surface area contributed by atoms with E-state index in [1.165, 1.54) is 31.2 Å². The molecule has 2 amide bonds. The lowest BCUT2D eigenvalue weighted by molar-refractivity contribution is -0.120. The first-order valence-electron chi connectivity index (χ1n) is 7.75. The van der Waals surface area contributed by atoms with Crippen LogP contribution < -0.4 is 15.4 Å². The molecule has 0 aliphatic rings. The number of halogens is 2. The van der Waals surface area contributed by atoms with Gasteiger partial charge in [0, 0.05) is 29.2 Å². The van der Waals surface area contributed by atoms with Crippen molar-refractivity contribution in [1.29, 1.82) is 0 Å². The Kier molecular flexibility index (Phi) is 7.20. The number of amides is 2. The second-order valence-electron chi connectivity index (χ2n) is 5.54. The minimum absolute atomic E-state index is 0.0230. The molecule has 2 aromatic carbocycles. The van der Waals surface area contributed by atoms with Crippen LogP contribution in [-0.4, -0.2) is 26.8 Å². The van der Waals surface area contributed by atoms with Crippen LogP contribution in [0.3, 0.4) is 0 Å². The predicted octanol–water partition coefficient (Wildman–Crippen LogP) is 2.55. The van der Waals surface area contributed by atoms with Crippen LogP contribution in [0.2, 0.25) is 10.0 Å². The standard InChI is InChI=1S/C17H17Cl2N3O4S/c1-11(23)22-14-4-6-15(7-5-14)27(25,26)21-10-17(24)20-9-12-2-3-13(18)8-16(12)19/h2-8,21H,9-10H2,1H3,(H,20,24)(H,22,23). The van der Waals surface area contributed by atoms with E-state index in [9.17, 15) is 18.0 Å². The molecular formula is C17H17Cl2N3O4S. The number of sulfonamides is 1. The van der Waals surface area contributed by atoms with Gasteiger partial charge in [-0.3, -0.25) is 9.59 Å². The Bertz CT molecular complexity index is 947. The van der Waals surface area contributed by atoms with Crippen molar-refractivity contribution in [3.05, 3.63) is 58.1 Å². The molecule has 0 spiro atoms. The Morgan fingerprint density at radius 3 is 2.30 bits per heavy atom. The summed E-state index contributed by atoms with van der Waals surface area (Å²) in [6, 6.07) is 10.4. The number of hydrogen-bond acceptors (Lipinski definition) is 4. The van der Waals surface area contributed by atoms with Crippen molar-refractivity contribution in [2.75, 3.05) is 11.9 Å². The van der Waals surface area contributed by atoms with Crippen LogP contribution in [0.5, 0.6) is 0 Å². The fourth-order valence-electron chi connectivity index (χ4n) is 2.09. The molecule has 0 unspecified atom stereocenters. The lowest BCUT2D eigenvalue weighted by Crippen LogP contribution is -2.36. The lowest BCUT2D eigenvalue weighted by atomic mass is 10.2. The molecule has 10 heteroatoms. The summed E-state index contributed by atoms with van der Waals surface area (Å²) in [7, 11) is -3.86. The van der Waals surface area contributed by atoms with Crippen molar-refractivity contribution in [2.45, 2.75) is 18.4 Å². The Hall–Kier alpha value is -2.13. The number of rotatable bonds is 7. The van der Waals surface area contributed by atoms with Gasteiger partial charge in [-0.25, -0.2) is 13.1 Å². The second-order valence-corrected chi connectivity index (χ2v) is 8.15. The van der Waals surface area contributed by atoms with E-state index >= 15 is 0 Å². The number of carbonyl (C=O) groups excluding carboxylic acids is 2. The van der Waals surface area contributed by atoms with Crippen LogP contribution >= 0.6 is 23.2 Å². The number of benzene rings is 2. The highest BCUT2D eigenvalue weighted by molar-refractivity contribution is 7.89. The summed E-state index contributed by atoms with van der Waals surface area (Å²) in [6.07, 6.45) is 0. The monoisotopic (exact) mass is 429 g/mol. The molecule has 0 saturated heterocycles. The van der Waals surface area contributed by atoms with E-state index in [0.717, 1.165) is 0 Å². The molecule has 27 heavy (non-hydrogen) atoms. The maximum absolute atomic E-state index is 12.2. The van der Waals surface area contributed by atoms with Gasteiger partial charge in [0.25, 0.3) is 0 Å². The van der Waals surface area contributed by atoms with Gasteiger partial charge in [-0.05, 0) is 42.0 Å². The zero-order chi connectivity index (χ0) is 20.0. The molecule has 144 valence electrons. The van der Waals surface area contributed by atoms with Crippen LogP contribution in [0, 0.1) is 0 Å².